The van der Waals surface area contributed by atoms with Gasteiger partial charge in [0.2, 0.25) is 0 Å². The fourth-order valence-corrected chi connectivity index (χ4v) is 2.20. The zero-order chi connectivity index (χ0) is 13.3. The van der Waals surface area contributed by atoms with Gasteiger partial charge in [-0.2, -0.15) is 0 Å². The second-order valence-electron chi connectivity index (χ2n) is 4.44. The lowest BCUT2D eigenvalue weighted by Crippen LogP contribution is -2.04. The molecule has 4 heteroatoms. The van der Waals surface area contributed by atoms with Crippen LogP contribution in [0.4, 0.5) is 0 Å². The van der Waals surface area contributed by atoms with E-state index in [0.717, 1.165) is 22.2 Å². The van der Waals surface area contributed by atoms with Crippen molar-refractivity contribution in [2.75, 3.05) is 0 Å². The van der Waals surface area contributed by atoms with E-state index in [2.05, 4.69) is 4.98 Å². The largest absolute Gasteiger partial charge is 0.481 e. The van der Waals surface area contributed by atoms with Crippen molar-refractivity contribution in [1.29, 1.82) is 0 Å². The van der Waals surface area contributed by atoms with Crippen molar-refractivity contribution in [2.45, 2.75) is 26.7 Å². The molecule has 0 unspecified atom stereocenters. The lowest BCUT2D eigenvalue weighted by molar-refractivity contribution is -0.136. The third-order valence-corrected chi connectivity index (χ3v) is 3.07. The third kappa shape index (κ3) is 2.14. The van der Waals surface area contributed by atoms with Crippen LogP contribution in [0.2, 0.25) is 0 Å². The minimum atomic E-state index is -0.947. The number of ketones is 1. The number of carbonyl (C=O) groups excluding carboxylic acids is 1. The standard InChI is InChI=1S/C14H15NO3/c1-8-4-3-5-10-13(9(2)15-14(8)10)11(16)6-7-12(17)18/h3-5,15H,6-7H2,1-2H3,(H,17,18). The fraction of sp³-hybridized carbons (Fsp3) is 0.286. The summed E-state index contributed by atoms with van der Waals surface area (Å²) in [6.07, 6.45) is -0.0895. The van der Waals surface area contributed by atoms with E-state index < -0.39 is 5.97 Å². The molecule has 1 heterocycles. The van der Waals surface area contributed by atoms with E-state index in [1.165, 1.54) is 0 Å². The number of aryl methyl sites for hydroxylation is 2. The number of aromatic nitrogens is 1. The zero-order valence-electron chi connectivity index (χ0n) is 10.4. The van der Waals surface area contributed by atoms with Crippen molar-refractivity contribution in [3.05, 3.63) is 35.0 Å². The van der Waals surface area contributed by atoms with E-state index >= 15 is 0 Å². The Labute approximate surface area is 105 Å². The van der Waals surface area contributed by atoms with E-state index in [0.29, 0.717) is 5.56 Å². The summed E-state index contributed by atoms with van der Waals surface area (Å²) < 4.78 is 0. The summed E-state index contributed by atoms with van der Waals surface area (Å²) >= 11 is 0. The summed E-state index contributed by atoms with van der Waals surface area (Å²) in [5, 5.41) is 9.50. The Kier molecular flexibility index (Phi) is 3.19. The SMILES string of the molecule is Cc1[nH]c2c(C)cccc2c1C(=O)CCC(=O)O. The number of H-pyrrole nitrogens is 1. The van der Waals surface area contributed by atoms with Gasteiger partial charge < -0.3 is 10.1 Å². The molecule has 0 radical (unpaired) electrons. The summed E-state index contributed by atoms with van der Waals surface area (Å²) in [5.41, 5.74) is 3.45. The van der Waals surface area contributed by atoms with Gasteiger partial charge in [0.15, 0.2) is 5.78 Å². The maximum atomic E-state index is 12.1. The van der Waals surface area contributed by atoms with Gasteiger partial charge in [-0.05, 0) is 19.4 Å². The molecule has 0 spiro atoms. The maximum absolute atomic E-state index is 12.1. The van der Waals surface area contributed by atoms with Gasteiger partial charge in [-0.3, -0.25) is 9.59 Å². The Bertz CT molecular complexity index is 625. The minimum Gasteiger partial charge on any atom is -0.481 e. The van der Waals surface area contributed by atoms with Crippen LogP contribution in [0, 0.1) is 13.8 Å². The molecule has 4 nitrogen and oxygen atoms in total. The van der Waals surface area contributed by atoms with Crippen molar-refractivity contribution in [2.24, 2.45) is 0 Å². The Morgan fingerprint density at radius 2 is 1.94 bits per heavy atom. The number of aromatic amines is 1. The summed E-state index contributed by atoms with van der Waals surface area (Å²) in [4.78, 5) is 25.8. The molecule has 1 aromatic carbocycles. The molecule has 0 aliphatic heterocycles. The molecule has 2 rings (SSSR count). The van der Waals surface area contributed by atoms with Crippen LogP contribution in [-0.2, 0) is 4.79 Å². The maximum Gasteiger partial charge on any atom is 0.303 e. The lowest BCUT2D eigenvalue weighted by Gasteiger charge is -2.00. The molecule has 0 aliphatic carbocycles. The van der Waals surface area contributed by atoms with E-state index in [-0.39, 0.29) is 18.6 Å². The topological polar surface area (TPSA) is 70.2 Å². The van der Waals surface area contributed by atoms with Crippen LogP contribution in [0.15, 0.2) is 18.2 Å². The van der Waals surface area contributed by atoms with E-state index in [1.54, 1.807) is 0 Å². The van der Waals surface area contributed by atoms with Crippen LogP contribution in [0.3, 0.4) is 0 Å². The summed E-state index contributed by atoms with van der Waals surface area (Å²) in [7, 11) is 0. The predicted molar refractivity (Wildman–Crippen MR) is 69.0 cm³/mol. The van der Waals surface area contributed by atoms with Crippen LogP contribution >= 0.6 is 0 Å². The molecule has 0 aliphatic rings. The van der Waals surface area contributed by atoms with Crippen molar-refractivity contribution in [3.63, 3.8) is 0 Å². The van der Waals surface area contributed by atoms with Crippen LogP contribution in [0.5, 0.6) is 0 Å². The lowest BCUT2D eigenvalue weighted by atomic mass is 10.0. The van der Waals surface area contributed by atoms with Crippen LogP contribution in [-0.4, -0.2) is 21.8 Å². The Hall–Kier alpha value is -2.10. The average molecular weight is 245 g/mol. The second-order valence-corrected chi connectivity index (χ2v) is 4.44. The summed E-state index contributed by atoms with van der Waals surface area (Å²) in [5.74, 6) is -1.07. The van der Waals surface area contributed by atoms with Crippen molar-refractivity contribution < 1.29 is 14.7 Å². The molecule has 2 aromatic rings. The van der Waals surface area contributed by atoms with Gasteiger partial charge in [0, 0.05) is 28.6 Å². The first-order valence-electron chi connectivity index (χ1n) is 5.83. The average Bonchev–Trinajstić information content (AvgIpc) is 2.64. The molecule has 0 fully saturated rings. The van der Waals surface area contributed by atoms with Crippen molar-refractivity contribution in [3.8, 4) is 0 Å². The van der Waals surface area contributed by atoms with Crippen LogP contribution < -0.4 is 0 Å². The Morgan fingerprint density at radius 1 is 1.22 bits per heavy atom. The van der Waals surface area contributed by atoms with E-state index in [4.69, 9.17) is 5.11 Å². The quantitative estimate of drug-likeness (QED) is 0.814. The molecule has 94 valence electrons. The molecule has 0 saturated heterocycles. The van der Waals surface area contributed by atoms with E-state index in [1.807, 2.05) is 32.0 Å². The molecule has 1 aromatic heterocycles. The van der Waals surface area contributed by atoms with Gasteiger partial charge in [0.05, 0.1) is 6.42 Å². The number of rotatable bonds is 4. The van der Waals surface area contributed by atoms with Crippen molar-refractivity contribution in [1.82, 2.24) is 4.98 Å². The smallest absolute Gasteiger partial charge is 0.303 e. The number of Topliss-reactive ketones (excluding diaryl/α,β-unsaturated/α-hetero) is 1. The number of nitrogens with one attached hydrogen (secondary N) is 1. The molecule has 0 amide bonds. The normalized spacial score (nSPS) is 10.8. The van der Waals surface area contributed by atoms with Crippen LogP contribution in [0.25, 0.3) is 10.9 Å². The molecular formula is C14H15NO3. The molecule has 0 saturated carbocycles. The van der Waals surface area contributed by atoms with Gasteiger partial charge >= 0.3 is 5.97 Å². The van der Waals surface area contributed by atoms with Gasteiger partial charge in [0.25, 0.3) is 0 Å². The number of carbonyl (C=O) groups is 2. The van der Waals surface area contributed by atoms with E-state index in [9.17, 15) is 9.59 Å². The highest BCUT2D eigenvalue weighted by Crippen LogP contribution is 2.25. The monoisotopic (exact) mass is 245 g/mol. The fourth-order valence-electron chi connectivity index (χ4n) is 2.20. The molecule has 18 heavy (non-hydrogen) atoms. The number of carboxylic acid groups (broad SMARTS) is 1. The Morgan fingerprint density at radius 3 is 2.61 bits per heavy atom. The second kappa shape index (κ2) is 4.64. The first-order valence-corrected chi connectivity index (χ1v) is 5.83. The highest BCUT2D eigenvalue weighted by Gasteiger charge is 2.17. The number of fused-ring (bicyclic) bond motifs is 1. The minimum absolute atomic E-state index is 0.0388. The zero-order valence-corrected chi connectivity index (χ0v) is 10.4. The highest BCUT2D eigenvalue weighted by molar-refractivity contribution is 6.10. The van der Waals surface area contributed by atoms with Gasteiger partial charge in [-0.15, -0.1) is 0 Å². The van der Waals surface area contributed by atoms with Gasteiger partial charge in [-0.1, -0.05) is 18.2 Å². The number of benzene rings is 1. The highest BCUT2D eigenvalue weighted by atomic mass is 16.4. The number of hydrogen-bond acceptors (Lipinski definition) is 2. The number of carboxylic acids is 1. The summed E-state index contributed by atoms with van der Waals surface area (Å²) in [6.45, 7) is 3.82. The molecular weight excluding hydrogens is 230 g/mol. The van der Waals surface area contributed by atoms with Crippen LogP contribution in [0.1, 0.15) is 34.5 Å². The number of aliphatic carboxylic acids is 1. The first kappa shape index (κ1) is 12.4. The predicted octanol–water partition coefficient (Wildman–Crippen LogP) is 2.83. The third-order valence-electron chi connectivity index (χ3n) is 3.07. The molecule has 2 N–H and O–H groups in total. The Balaban J connectivity index is 2.44. The van der Waals surface area contributed by atoms with Crippen molar-refractivity contribution >= 4 is 22.7 Å². The molecule has 0 atom stereocenters. The molecule has 0 bridgehead atoms. The number of hydrogen-bond donors (Lipinski definition) is 2. The summed E-state index contributed by atoms with van der Waals surface area (Å²) in [6, 6.07) is 5.77. The van der Waals surface area contributed by atoms with Gasteiger partial charge in [0.1, 0.15) is 0 Å². The number of para-hydroxylation sites is 1. The van der Waals surface area contributed by atoms with Gasteiger partial charge in [-0.25, -0.2) is 0 Å². The first-order chi connectivity index (χ1) is 8.50.